The summed E-state index contributed by atoms with van der Waals surface area (Å²) in [4.78, 5) is 23.0. The highest BCUT2D eigenvalue weighted by molar-refractivity contribution is 7.89. The Morgan fingerprint density at radius 2 is 1.83 bits per heavy atom. The van der Waals surface area contributed by atoms with Crippen molar-refractivity contribution in [1.82, 2.24) is 9.62 Å². The molecule has 1 unspecified atom stereocenters. The van der Waals surface area contributed by atoms with Gasteiger partial charge in [0.2, 0.25) is 10.0 Å². The normalized spacial score (nSPS) is 12.9. The Hall–Kier alpha value is -1.93. The van der Waals surface area contributed by atoms with Gasteiger partial charge in [0.05, 0.1) is 4.90 Å². The van der Waals surface area contributed by atoms with E-state index in [1.54, 1.807) is 20.8 Å². The van der Waals surface area contributed by atoms with Crippen molar-refractivity contribution in [1.29, 1.82) is 0 Å². The van der Waals surface area contributed by atoms with Gasteiger partial charge in [-0.2, -0.15) is 4.31 Å². The van der Waals surface area contributed by atoms with E-state index in [2.05, 4.69) is 5.32 Å². The first-order chi connectivity index (χ1) is 10.6. The monoisotopic (exact) mass is 342 g/mol. The van der Waals surface area contributed by atoms with Gasteiger partial charge >= 0.3 is 5.97 Å². The van der Waals surface area contributed by atoms with Crippen LogP contribution in [0.15, 0.2) is 23.1 Å². The lowest BCUT2D eigenvalue weighted by Gasteiger charge is -2.19. The van der Waals surface area contributed by atoms with E-state index in [0.29, 0.717) is 18.7 Å². The van der Waals surface area contributed by atoms with Crippen molar-refractivity contribution in [3.05, 3.63) is 29.3 Å². The molecule has 1 atom stereocenters. The average molecular weight is 342 g/mol. The standard InChI is InChI=1S/C15H22N2O5S/c1-5-17(6-2)23(21,22)12-8-7-10(3)13(9-12)14(18)16-11(4)15(19)20/h7-9,11H,5-6H2,1-4H3,(H,16,18)(H,19,20). The molecule has 0 saturated carbocycles. The van der Waals surface area contributed by atoms with Gasteiger partial charge in [-0.1, -0.05) is 19.9 Å². The van der Waals surface area contributed by atoms with E-state index in [-0.39, 0.29) is 10.5 Å². The fourth-order valence-electron chi connectivity index (χ4n) is 2.05. The van der Waals surface area contributed by atoms with Crippen LogP contribution in [-0.2, 0) is 14.8 Å². The Labute approximate surface area is 136 Å². The molecule has 0 fully saturated rings. The topological polar surface area (TPSA) is 104 Å². The minimum Gasteiger partial charge on any atom is -0.480 e. The third-order valence-corrected chi connectivity index (χ3v) is 5.56. The van der Waals surface area contributed by atoms with Crippen molar-refractivity contribution in [2.75, 3.05) is 13.1 Å². The Balaban J connectivity index is 3.23. The molecule has 0 bridgehead atoms. The number of aliphatic carboxylic acids is 1. The van der Waals surface area contributed by atoms with Crippen LogP contribution >= 0.6 is 0 Å². The highest BCUT2D eigenvalue weighted by atomic mass is 32.2. The van der Waals surface area contributed by atoms with Gasteiger partial charge in [-0.25, -0.2) is 8.42 Å². The summed E-state index contributed by atoms with van der Waals surface area (Å²) >= 11 is 0. The lowest BCUT2D eigenvalue weighted by atomic mass is 10.1. The fraction of sp³-hybridized carbons (Fsp3) is 0.467. The molecule has 0 radical (unpaired) electrons. The molecule has 8 heteroatoms. The van der Waals surface area contributed by atoms with Crippen LogP contribution in [0.3, 0.4) is 0 Å². The van der Waals surface area contributed by atoms with Gasteiger partial charge in [0.25, 0.3) is 5.91 Å². The van der Waals surface area contributed by atoms with Crippen molar-refractivity contribution >= 4 is 21.9 Å². The summed E-state index contributed by atoms with van der Waals surface area (Å²) in [5.41, 5.74) is 0.713. The number of nitrogens with zero attached hydrogens (tertiary/aromatic N) is 1. The second kappa shape index (κ2) is 7.56. The van der Waals surface area contributed by atoms with Gasteiger partial charge < -0.3 is 10.4 Å². The van der Waals surface area contributed by atoms with Gasteiger partial charge in [-0.15, -0.1) is 0 Å². The Kier molecular flexibility index (Phi) is 6.28. The number of hydrogen-bond acceptors (Lipinski definition) is 4. The zero-order chi connectivity index (χ0) is 17.8. The van der Waals surface area contributed by atoms with Gasteiger partial charge in [0.15, 0.2) is 0 Å². The fourth-order valence-corrected chi connectivity index (χ4v) is 3.54. The molecular formula is C15H22N2O5S. The van der Waals surface area contributed by atoms with E-state index >= 15 is 0 Å². The molecule has 0 heterocycles. The van der Waals surface area contributed by atoms with Crippen molar-refractivity contribution in [2.24, 2.45) is 0 Å². The number of amides is 1. The molecule has 2 N–H and O–H groups in total. The summed E-state index contributed by atoms with van der Waals surface area (Å²) in [5.74, 6) is -1.78. The summed E-state index contributed by atoms with van der Waals surface area (Å²) in [5, 5.41) is 11.2. The molecule has 7 nitrogen and oxygen atoms in total. The molecule has 1 amide bonds. The highest BCUT2D eigenvalue weighted by Crippen LogP contribution is 2.19. The van der Waals surface area contributed by atoms with E-state index in [9.17, 15) is 18.0 Å². The van der Waals surface area contributed by atoms with E-state index in [1.165, 1.54) is 29.4 Å². The molecule has 0 aliphatic heterocycles. The SMILES string of the molecule is CCN(CC)S(=O)(=O)c1ccc(C)c(C(=O)NC(C)C(=O)O)c1. The quantitative estimate of drug-likeness (QED) is 0.775. The van der Waals surface area contributed by atoms with Crippen LogP contribution in [0.4, 0.5) is 0 Å². The number of carboxylic acids is 1. The molecule has 128 valence electrons. The number of aryl methyl sites for hydroxylation is 1. The molecule has 1 aromatic rings. The highest BCUT2D eigenvalue weighted by Gasteiger charge is 2.24. The van der Waals surface area contributed by atoms with E-state index in [1.807, 2.05) is 0 Å². The molecule has 23 heavy (non-hydrogen) atoms. The minimum absolute atomic E-state index is 0.0138. The Morgan fingerprint density at radius 3 is 2.30 bits per heavy atom. The number of carboxylic acid groups (broad SMARTS) is 1. The maximum Gasteiger partial charge on any atom is 0.325 e. The van der Waals surface area contributed by atoms with Crippen LogP contribution in [0.25, 0.3) is 0 Å². The molecule has 0 aromatic heterocycles. The number of rotatable bonds is 7. The van der Waals surface area contributed by atoms with Crippen molar-refractivity contribution < 1.29 is 23.1 Å². The molecule has 1 aromatic carbocycles. The number of carbonyl (C=O) groups excluding carboxylic acids is 1. The van der Waals surface area contributed by atoms with Crippen LogP contribution in [-0.4, -0.2) is 48.8 Å². The van der Waals surface area contributed by atoms with E-state index < -0.39 is 27.9 Å². The first-order valence-corrected chi connectivity index (χ1v) is 8.73. The van der Waals surface area contributed by atoms with E-state index in [4.69, 9.17) is 5.11 Å². The number of hydrogen-bond donors (Lipinski definition) is 2. The summed E-state index contributed by atoms with van der Waals surface area (Å²) in [6, 6.07) is 3.20. The molecule has 0 spiro atoms. The summed E-state index contributed by atoms with van der Waals surface area (Å²) in [6.45, 7) is 7.11. The third kappa shape index (κ3) is 4.29. The maximum atomic E-state index is 12.5. The van der Waals surface area contributed by atoms with E-state index in [0.717, 1.165) is 0 Å². The van der Waals surface area contributed by atoms with Gasteiger partial charge in [-0.05, 0) is 31.5 Å². The van der Waals surface area contributed by atoms with Gasteiger partial charge in [0, 0.05) is 18.7 Å². The first-order valence-electron chi connectivity index (χ1n) is 7.29. The van der Waals surface area contributed by atoms with Crippen LogP contribution < -0.4 is 5.32 Å². The smallest absolute Gasteiger partial charge is 0.325 e. The van der Waals surface area contributed by atoms with Crippen LogP contribution in [0, 0.1) is 6.92 Å². The number of benzene rings is 1. The Morgan fingerprint density at radius 1 is 1.26 bits per heavy atom. The third-order valence-electron chi connectivity index (χ3n) is 3.51. The Bertz CT molecular complexity index is 696. The number of nitrogens with one attached hydrogen (secondary N) is 1. The lowest BCUT2D eigenvalue weighted by molar-refractivity contribution is -0.138. The van der Waals surface area contributed by atoms with Crippen LogP contribution in [0.1, 0.15) is 36.7 Å². The number of carbonyl (C=O) groups is 2. The second-order valence-electron chi connectivity index (χ2n) is 5.10. The predicted octanol–water partition coefficient (Wildman–Crippen LogP) is 1.23. The first kappa shape index (κ1) is 19.1. The molecule has 0 aliphatic carbocycles. The summed E-state index contributed by atoms with van der Waals surface area (Å²) in [7, 11) is -3.68. The molecular weight excluding hydrogens is 320 g/mol. The van der Waals surface area contributed by atoms with Crippen LogP contribution in [0.2, 0.25) is 0 Å². The number of sulfonamides is 1. The molecule has 0 saturated heterocycles. The maximum absolute atomic E-state index is 12.5. The summed E-state index contributed by atoms with van der Waals surface area (Å²) in [6.07, 6.45) is 0. The van der Waals surface area contributed by atoms with Gasteiger partial charge in [-0.3, -0.25) is 9.59 Å². The predicted molar refractivity (Wildman–Crippen MR) is 85.8 cm³/mol. The molecule has 0 aliphatic rings. The van der Waals surface area contributed by atoms with Crippen LogP contribution in [0.5, 0.6) is 0 Å². The summed E-state index contributed by atoms with van der Waals surface area (Å²) < 4.78 is 26.3. The zero-order valence-electron chi connectivity index (χ0n) is 13.7. The largest absolute Gasteiger partial charge is 0.480 e. The zero-order valence-corrected chi connectivity index (χ0v) is 14.5. The van der Waals surface area contributed by atoms with Crippen molar-refractivity contribution in [3.63, 3.8) is 0 Å². The van der Waals surface area contributed by atoms with Crippen molar-refractivity contribution in [2.45, 2.75) is 38.6 Å². The lowest BCUT2D eigenvalue weighted by Crippen LogP contribution is -2.38. The second-order valence-corrected chi connectivity index (χ2v) is 7.04. The molecule has 1 rings (SSSR count). The minimum atomic E-state index is -3.68. The van der Waals surface area contributed by atoms with Crippen molar-refractivity contribution in [3.8, 4) is 0 Å². The average Bonchev–Trinajstić information content (AvgIpc) is 2.48. The van der Waals surface area contributed by atoms with Gasteiger partial charge in [0.1, 0.15) is 6.04 Å².